The molecule has 7 rings (SSSR count). The number of para-hydroxylation sites is 1. The molecule has 4 fully saturated rings. The fourth-order valence-corrected chi connectivity index (χ4v) is 9.32. The van der Waals surface area contributed by atoms with Crippen molar-refractivity contribution in [2.24, 2.45) is 5.92 Å². The molecule has 0 bridgehead atoms. The van der Waals surface area contributed by atoms with E-state index in [1.54, 1.807) is 48.5 Å². The Hall–Kier alpha value is -5.55. The van der Waals surface area contributed by atoms with Crippen molar-refractivity contribution in [3.8, 4) is 0 Å². The van der Waals surface area contributed by atoms with Crippen LogP contribution in [0.15, 0.2) is 54.6 Å². The van der Waals surface area contributed by atoms with Gasteiger partial charge in [0, 0.05) is 37.2 Å². The van der Waals surface area contributed by atoms with Gasteiger partial charge in [-0.2, -0.15) is 0 Å². The van der Waals surface area contributed by atoms with Crippen LogP contribution in [-0.2, 0) is 45.6 Å². The number of nitrogens with zero attached hydrogens (tertiary/aromatic N) is 3. The van der Waals surface area contributed by atoms with E-state index >= 15 is 4.79 Å². The van der Waals surface area contributed by atoms with E-state index in [1.807, 2.05) is 19.9 Å². The topological polar surface area (TPSA) is 230 Å². The predicted molar refractivity (Wildman–Crippen MR) is 213 cm³/mol. The van der Waals surface area contributed by atoms with Gasteiger partial charge in [0.15, 0.2) is 0 Å². The van der Waals surface area contributed by atoms with E-state index in [2.05, 4.69) is 26.6 Å². The highest BCUT2D eigenvalue weighted by atomic mass is 16.3. The summed E-state index contributed by atoms with van der Waals surface area (Å²) in [6, 6.07) is 8.77. The van der Waals surface area contributed by atoms with Crippen molar-refractivity contribution < 1.29 is 43.8 Å². The number of hydrogen-bond acceptors (Lipinski definition) is 10. The standard InChI is InChI=1S/C42H54N8O9/c1-23(2)19-29-39(57)50-32(21-42(59)26-13-7-8-14-27(26)46-41(42)50)40(58)49-18-10-16-31(49)36(54)44-28(20-25-11-5-4-6-12-25)35(53)43-22-33(52)48-17-9-15-30(48)37(55)47-34(24(3)51)38(56)45-29/h4-8,11-14,23-24,28-32,34,41,46,51,59H,9-10,15-22H2,1-3H3,(H,43,53)(H,44,54)(H,45,56)(H,47,55). The average molecular weight is 815 g/mol. The van der Waals surface area contributed by atoms with Crippen molar-refractivity contribution in [3.63, 3.8) is 0 Å². The van der Waals surface area contributed by atoms with Crippen LogP contribution in [0, 0.1) is 5.92 Å². The highest BCUT2D eigenvalue weighted by Gasteiger charge is 2.62. The number of aliphatic hydroxyl groups excluding tert-OH is 1. The second-order valence-corrected chi connectivity index (χ2v) is 16.8. The Balaban J connectivity index is 1.28. The molecule has 9 atom stereocenters. The maximum atomic E-state index is 15.0. The highest BCUT2D eigenvalue weighted by molar-refractivity contribution is 5.99. The van der Waals surface area contributed by atoms with E-state index in [4.69, 9.17) is 0 Å². The molecule has 0 spiro atoms. The normalized spacial score (nSPS) is 31.2. The molecule has 9 unspecified atom stereocenters. The third-order valence-electron chi connectivity index (χ3n) is 12.2. The van der Waals surface area contributed by atoms with Crippen LogP contribution in [0.5, 0.6) is 0 Å². The number of anilines is 1. The zero-order valence-corrected chi connectivity index (χ0v) is 33.6. The van der Waals surface area contributed by atoms with Crippen molar-refractivity contribution >= 4 is 47.0 Å². The second-order valence-electron chi connectivity index (χ2n) is 16.8. The number of aliphatic hydroxyl groups is 2. The first kappa shape index (κ1) is 41.6. The fourth-order valence-electron chi connectivity index (χ4n) is 9.32. The van der Waals surface area contributed by atoms with E-state index in [1.165, 1.54) is 21.6 Å². The van der Waals surface area contributed by atoms with Gasteiger partial charge in [-0.1, -0.05) is 62.4 Å². The number of carbonyl (C=O) groups is 7. The minimum atomic E-state index is -1.72. The fraction of sp³-hybridized carbons (Fsp3) is 0.548. The number of amides is 7. The Morgan fingerprint density at radius 3 is 2.03 bits per heavy atom. The molecule has 17 heteroatoms. The van der Waals surface area contributed by atoms with Crippen molar-refractivity contribution in [1.29, 1.82) is 0 Å². The molecule has 2 aromatic carbocycles. The highest BCUT2D eigenvalue weighted by Crippen LogP contribution is 2.50. The van der Waals surface area contributed by atoms with Gasteiger partial charge in [-0.05, 0) is 56.6 Å². The summed E-state index contributed by atoms with van der Waals surface area (Å²) in [5.74, 6) is -4.76. The summed E-state index contributed by atoms with van der Waals surface area (Å²) in [4.78, 5) is 103. The van der Waals surface area contributed by atoms with Gasteiger partial charge >= 0.3 is 0 Å². The lowest BCUT2D eigenvalue weighted by Gasteiger charge is -2.36. The minimum Gasteiger partial charge on any atom is -0.391 e. The summed E-state index contributed by atoms with van der Waals surface area (Å²) >= 11 is 0. The lowest BCUT2D eigenvalue weighted by Crippen LogP contribution is -2.62. The zero-order valence-electron chi connectivity index (χ0n) is 33.6. The molecule has 5 heterocycles. The monoisotopic (exact) mass is 814 g/mol. The smallest absolute Gasteiger partial charge is 0.247 e. The SMILES string of the molecule is CC(C)CC1NC(=O)C(C(C)O)NC(=O)C2CCCN2C(=O)CNC(=O)C(Cc2ccccc2)NC(=O)C2CCCN2C(=O)C2CC3(O)c4ccccc4NC3N2C1=O. The number of hydrogen-bond donors (Lipinski definition) is 7. The molecule has 316 valence electrons. The third kappa shape index (κ3) is 8.22. The summed E-state index contributed by atoms with van der Waals surface area (Å²) in [6.07, 6.45) is -1.11. The van der Waals surface area contributed by atoms with Gasteiger partial charge in [-0.25, -0.2) is 0 Å². The van der Waals surface area contributed by atoms with Crippen molar-refractivity contribution in [1.82, 2.24) is 36.0 Å². The van der Waals surface area contributed by atoms with Crippen LogP contribution in [0.25, 0.3) is 0 Å². The van der Waals surface area contributed by atoms with Crippen molar-refractivity contribution in [2.75, 3.05) is 25.0 Å². The molecule has 4 saturated heterocycles. The molecule has 59 heavy (non-hydrogen) atoms. The lowest BCUT2D eigenvalue weighted by atomic mass is 9.91. The van der Waals surface area contributed by atoms with E-state index in [0.29, 0.717) is 24.1 Å². The molecular formula is C42H54N8O9. The van der Waals surface area contributed by atoms with Crippen LogP contribution < -0.4 is 26.6 Å². The number of fused-ring (bicyclic) bond motifs is 7. The molecular weight excluding hydrogens is 761 g/mol. The van der Waals surface area contributed by atoms with Gasteiger partial charge in [0.2, 0.25) is 41.4 Å². The molecule has 5 aliphatic heterocycles. The predicted octanol–water partition coefficient (Wildman–Crippen LogP) is -0.537. The lowest BCUT2D eigenvalue weighted by molar-refractivity contribution is -0.150. The number of nitrogens with one attached hydrogen (secondary N) is 5. The summed E-state index contributed by atoms with van der Waals surface area (Å²) in [5.41, 5.74) is 0.0812. The summed E-state index contributed by atoms with van der Waals surface area (Å²) < 4.78 is 0. The van der Waals surface area contributed by atoms with Crippen LogP contribution in [0.3, 0.4) is 0 Å². The molecule has 17 nitrogen and oxygen atoms in total. The first-order valence-corrected chi connectivity index (χ1v) is 20.6. The maximum absolute atomic E-state index is 15.0. The number of rotatable bonds is 5. The van der Waals surface area contributed by atoms with Gasteiger partial charge in [0.25, 0.3) is 0 Å². The Morgan fingerprint density at radius 1 is 0.712 bits per heavy atom. The molecule has 5 aliphatic rings. The van der Waals surface area contributed by atoms with Gasteiger partial charge < -0.3 is 51.5 Å². The van der Waals surface area contributed by atoms with Gasteiger partial charge in [-0.15, -0.1) is 0 Å². The van der Waals surface area contributed by atoms with Gasteiger partial charge in [0.1, 0.15) is 48.0 Å². The Kier molecular flexibility index (Phi) is 12.0. The molecule has 2 aromatic rings. The summed E-state index contributed by atoms with van der Waals surface area (Å²) in [7, 11) is 0. The Morgan fingerprint density at radius 2 is 1.34 bits per heavy atom. The van der Waals surface area contributed by atoms with Gasteiger partial charge in [-0.3, -0.25) is 33.6 Å². The first-order valence-electron chi connectivity index (χ1n) is 20.6. The third-order valence-corrected chi connectivity index (χ3v) is 12.2. The summed E-state index contributed by atoms with van der Waals surface area (Å²) in [5, 5.41) is 37.3. The van der Waals surface area contributed by atoms with Crippen molar-refractivity contribution in [3.05, 3.63) is 65.7 Å². The average Bonchev–Trinajstić information content (AvgIpc) is 4.01. The van der Waals surface area contributed by atoms with Gasteiger partial charge in [0.05, 0.1) is 12.6 Å². The second kappa shape index (κ2) is 17.0. The Bertz CT molecular complexity index is 1980. The largest absolute Gasteiger partial charge is 0.391 e. The van der Waals surface area contributed by atoms with Crippen molar-refractivity contribution in [2.45, 2.75) is 120 Å². The summed E-state index contributed by atoms with van der Waals surface area (Å²) in [6.45, 7) is 4.93. The number of benzene rings is 2. The van der Waals surface area contributed by atoms with E-state index in [0.717, 1.165) is 5.56 Å². The molecule has 0 aliphatic carbocycles. The van der Waals surface area contributed by atoms with Crippen LogP contribution in [0.4, 0.5) is 5.69 Å². The van der Waals surface area contributed by atoms with E-state index in [9.17, 15) is 39.0 Å². The van der Waals surface area contributed by atoms with E-state index in [-0.39, 0.29) is 51.1 Å². The molecule has 0 aromatic heterocycles. The van der Waals surface area contributed by atoms with Crippen LogP contribution >= 0.6 is 0 Å². The van der Waals surface area contributed by atoms with Crippen LogP contribution in [-0.4, -0.2) is 134 Å². The molecule has 0 radical (unpaired) electrons. The Labute approximate surface area is 342 Å². The number of carbonyl (C=O) groups excluding carboxylic acids is 7. The quantitative estimate of drug-likeness (QED) is 0.204. The molecule has 0 saturated carbocycles. The maximum Gasteiger partial charge on any atom is 0.247 e. The molecule has 7 amide bonds. The minimum absolute atomic E-state index is 0.0751. The van der Waals surface area contributed by atoms with E-state index < -0.39 is 102 Å². The van der Waals surface area contributed by atoms with Crippen LogP contribution in [0.1, 0.15) is 70.4 Å². The first-order chi connectivity index (χ1) is 28.2. The molecule has 7 N–H and O–H groups in total. The zero-order chi connectivity index (χ0) is 42.2. The van der Waals surface area contributed by atoms with Crippen LogP contribution in [0.2, 0.25) is 0 Å².